The summed E-state index contributed by atoms with van der Waals surface area (Å²) in [7, 11) is 0. The molecule has 21 heavy (non-hydrogen) atoms. The van der Waals surface area contributed by atoms with Gasteiger partial charge >= 0.3 is 12.0 Å². The third-order valence-electron chi connectivity index (χ3n) is 3.79. The van der Waals surface area contributed by atoms with E-state index in [0.717, 1.165) is 32.5 Å². The summed E-state index contributed by atoms with van der Waals surface area (Å²) in [6.45, 7) is 10.3. The highest BCUT2D eigenvalue weighted by Crippen LogP contribution is 2.14. The van der Waals surface area contributed by atoms with Crippen molar-refractivity contribution < 1.29 is 14.7 Å². The molecule has 1 unspecified atom stereocenters. The Labute approximate surface area is 128 Å². The molecule has 0 radical (unpaired) electrons. The lowest BCUT2D eigenvalue weighted by Gasteiger charge is -2.18. The zero-order valence-electron chi connectivity index (χ0n) is 13.7. The first kappa shape index (κ1) is 19.7. The average molecular weight is 301 g/mol. The Morgan fingerprint density at radius 1 is 1.05 bits per heavy atom. The zero-order chi connectivity index (χ0) is 16.1. The molecule has 0 aliphatic heterocycles. The maximum atomic E-state index is 11.6. The molecule has 0 heterocycles. The molecule has 2 amide bonds. The van der Waals surface area contributed by atoms with Crippen LogP contribution in [0.15, 0.2) is 0 Å². The minimum absolute atomic E-state index is 0.143. The molecule has 0 saturated heterocycles. The maximum absolute atomic E-state index is 11.6. The fourth-order valence-corrected chi connectivity index (χ4v) is 2.20. The fourth-order valence-electron chi connectivity index (χ4n) is 2.20. The molecular weight excluding hydrogens is 270 g/mol. The van der Waals surface area contributed by atoms with Gasteiger partial charge in [0.05, 0.1) is 0 Å². The molecule has 0 aromatic rings. The maximum Gasteiger partial charge on any atom is 0.314 e. The number of carbonyl (C=O) groups excluding carboxylic acids is 1. The number of carbonyl (C=O) groups is 2. The van der Waals surface area contributed by atoms with Gasteiger partial charge in [0.15, 0.2) is 0 Å². The number of nitrogens with zero attached hydrogens (tertiary/aromatic N) is 1. The van der Waals surface area contributed by atoms with Gasteiger partial charge in [-0.15, -0.1) is 0 Å². The van der Waals surface area contributed by atoms with Crippen LogP contribution < -0.4 is 10.6 Å². The highest BCUT2D eigenvalue weighted by atomic mass is 16.4. The van der Waals surface area contributed by atoms with E-state index >= 15 is 0 Å². The zero-order valence-corrected chi connectivity index (χ0v) is 13.7. The largest absolute Gasteiger partial charge is 0.481 e. The monoisotopic (exact) mass is 301 g/mol. The first-order chi connectivity index (χ1) is 10.0. The molecule has 0 aliphatic carbocycles. The van der Waals surface area contributed by atoms with Crippen LogP contribution in [0.25, 0.3) is 0 Å². The molecule has 0 rings (SSSR count). The normalized spacial score (nSPS) is 12.2. The number of rotatable bonds is 12. The van der Waals surface area contributed by atoms with Crippen molar-refractivity contribution >= 4 is 12.0 Å². The quantitative estimate of drug-likeness (QED) is 0.514. The van der Waals surface area contributed by atoms with Crippen LogP contribution in [-0.4, -0.2) is 54.7 Å². The van der Waals surface area contributed by atoms with E-state index in [1.54, 1.807) is 0 Å². The van der Waals surface area contributed by atoms with E-state index < -0.39 is 5.97 Å². The number of nitrogens with one attached hydrogen (secondary N) is 2. The number of amides is 2. The molecule has 0 aromatic carbocycles. The molecule has 0 fully saturated rings. The molecule has 1 atom stereocenters. The number of carboxylic acids is 1. The topological polar surface area (TPSA) is 81.7 Å². The van der Waals surface area contributed by atoms with Crippen molar-refractivity contribution in [1.29, 1.82) is 0 Å². The number of hydrogen-bond donors (Lipinski definition) is 3. The number of aliphatic carboxylic acids is 1. The molecule has 0 aliphatic rings. The first-order valence-electron chi connectivity index (χ1n) is 7.99. The van der Waals surface area contributed by atoms with Gasteiger partial charge in [-0.3, -0.25) is 4.79 Å². The van der Waals surface area contributed by atoms with E-state index in [1.807, 2.05) is 0 Å². The summed E-state index contributed by atoms with van der Waals surface area (Å²) in [4.78, 5) is 24.4. The molecule has 0 bridgehead atoms. The lowest BCUT2D eigenvalue weighted by atomic mass is 9.97. The molecule has 0 saturated carbocycles. The van der Waals surface area contributed by atoms with Crippen molar-refractivity contribution in [3.63, 3.8) is 0 Å². The van der Waals surface area contributed by atoms with Gasteiger partial charge in [-0.25, -0.2) is 4.79 Å². The summed E-state index contributed by atoms with van der Waals surface area (Å²) in [6, 6.07) is -0.143. The van der Waals surface area contributed by atoms with Crippen LogP contribution in [0.1, 0.15) is 46.5 Å². The summed E-state index contributed by atoms with van der Waals surface area (Å²) in [6.07, 6.45) is 2.65. The highest BCUT2D eigenvalue weighted by Gasteiger charge is 2.09. The average Bonchev–Trinajstić information content (AvgIpc) is 2.47. The molecule has 3 N–H and O–H groups in total. The van der Waals surface area contributed by atoms with Crippen molar-refractivity contribution in [3.8, 4) is 0 Å². The van der Waals surface area contributed by atoms with Gasteiger partial charge in [0, 0.05) is 26.1 Å². The lowest BCUT2D eigenvalue weighted by Crippen LogP contribution is -2.40. The SMILES string of the molecule is CCC(CCNC(=O)NCCN(CC)CC)CCC(=O)O. The number of likely N-dealkylation sites (N-methyl/N-ethyl adjacent to an activating group) is 1. The van der Waals surface area contributed by atoms with Crippen molar-refractivity contribution in [1.82, 2.24) is 15.5 Å². The molecule has 124 valence electrons. The van der Waals surface area contributed by atoms with E-state index in [9.17, 15) is 9.59 Å². The van der Waals surface area contributed by atoms with Crippen molar-refractivity contribution in [3.05, 3.63) is 0 Å². The summed E-state index contributed by atoms with van der Waals surface area (Å²) in [5.74, 6) is -0.396. The second-order valence-corrected chi connectivity index (χ2v) is 5.20. The van der Waals surface area contributed by atoms with Crippen LogP contribution in [0.3, 0.4) is 0 Å². The van der Waals surface area contributed by atoms with E-state index in [-0.39, 0.29) is 12.5 Å². The van der Waals surface area contributed by atoms with Crippen molar-refractivity contribution in [2.75, 3.05) is 32.7 Å². The Morgan fingerprint density at radius 3 is 2.19 bits per heavy atom. The Bertz CT molecular complexity index is 294. The third kappa shape index (κ3) is 11.1. The number of carboxylic acid groups (broad SMARTS) is 1. The van der Waals surface area contributed by atoms with Gasteiger partial charge in [-0.2, -0.15) is 0 Å². The lowest BCUT2D eigenvalue weighted by molar-refractivity contribution is -0.137. The molecule has 0 aromatic heterocycles. The number of urea groups is 1. The van der Waals surface area contributed by atoms with Crippen LogP contribution >= 0.6 is 0 Å². The summed E-state index contributed by atoms with van der Waals surface area (Å²) < 4.78 is 0. The van der Waals surface area contributed by atoms with Crippen molar-refractivity contribution in [2.24, 2.45) is 5.92 Å². The Morgan fingerprint density at radius 2 is 1.67 bits per heavy atom. The van der Waals surface area contributed by atoms with E-state index in [2.05, 4.69) is 36.3 Å². The Hall–Kier alpha value is -1.30. The van der Waals surface area contributed by atoms with Gasteiger partial charge < -0.3 is 20.6 Å². The third-order valence-corrected chi connectivity index (χ3v) is 3.79. The predicted molar refractivity (Wildman–Crippen MR) is 84.5 cm³/mol. The molecular formula is C15H31N3O3. The highest BCUT2D eigenvalue weighted by molar-refractivity contribution is 5.73. The van der Waals surface area contributed by atoms with Crippen LogP contribution in [0.2, 0.25) is 0 Å². The van der Waals surface area contributed by atoms with Gasteiger partial charge in [0.1, 0.15) is 0 Å². The van der Waals surface area contributed by atoms with Crippen LogP contribution in [0.5, 0.6) is 0 Å². The standard InChI is InChI=1S/C15H31N3O3/c1-4-13(7-8-14(19)20)9-10-16-15(21)17-11-12-18(5-2)6-3/h13H,4-12H2,1-3H3,(H,19,20)(H2,16,17,21). The van der Waals surface area contributed by atoms with Crippen LogP contribution in [0, 0.1) is 5.92 Å². The van der Waals surface area contributed by atoms with Gasteiger partial charge in [0.2, 0.25) is 0 Å². The second kappa shape index (κ2) is 12.4. The molecule has 6 nitrogen and oxygen atoms in total. The molecule has 6 heteroatoms. The Kier molecular flexibility index (Phi) is 11.7. The summed E-state index contributed by atoms with van der Waals surface area (Å²) >= 11 is 0. The summed E-state index contributed by atoms with van der Waals surface area (Å²) in [5, 5.41) is 14.3. The fraction of sp³-hybridized carbons (Fsp3) is 0.867. The van der Waals surface area contributed by atoms with Crippen LogP contribution in [0.4, 0.5) is 4.79 Å². The smallest absolute Gasteiger partial charge is 0.314 e. The van der Waals surface area contributed by atoms with E-state index in [4.69, 9.17) is 5.11 Å². The minimum Gasteiger partial charge on any atom is -0.481 e. The first-order valence-corrected chi connectivity index (χ1v) is 7.99. The minimum atomic E-state index is -0.754. The summed E-state index contributed by atoms with van der Waals surface area (Å²) in [5.41, 5.74) is 0. The predicted octanol–water partition coefficient (Wildman–Crippen LogP) is 1.91. The Balaban J connectivity index is 3.69. The van der Waals surface area contributed by atoms with Gasteiger partial charge in [0.25, 0.3) is 0 Å². The van der Waals surface area contributed by atoms with Crippen LogP contribution in [-0.2, 0) is 4.79 Å². The van der Waals surface area contributed by atoms with E-state index in [0.29, 0.717) is 25.4 Å². The van der Waals surface area contributed by atoms with Gasteiger partial charge in [-0.05, 0) is 31.8 Å². The molecule has 0 spiro atoms. The van der Waals surface area contributed by atoms with Gasteiger partial charge in [-0.1, -0.05) is 27.2 Å². The second-order valence-electron chi connectivity index (χ2n) is 5.20. The number of hydrogen-bond acceptors (Lipinski definition) is 3. The van der Waals surface area contributed by atoms with Crippen molar-refractivity contribution in [2.45, 2.75) is 46.5 Å². The van der Waals surface area contributed by atoms with E-state index in [1.165, 1.54) is 0 Å².